The number of fused-ring (bicyclic) bond motifs is 3. The summed E-state index contributed by atoms with van der Waals surface area (Å²) in [7, 11) is 0. The van der Waals surface area contributed by atoms with Gasteiger partial charge in [-0.25, -0.2) is 0 Å². The minimum absolute atomic E-state index is 0.000295. The Morgan fingerprint density at radius 3 is 2.42 bits per heavy atom. The SMILES string of the molecule is CC(C)(C)n1cc2c(n1)[C@@]1(C)CCC3(OCCO3)C(C)(C)[C@@H]1CC2. The largest absolute Gasteiger partial charge is 0.347 e. The van der Waals surface area contributed by atoms with Crippen LogP contribution in [0.1, 0.15) is 72.1 Å². The topological polar surface area (TPSA) is 36.3 Å². The maximum atomic E-state index is 6.19. The van der Waals surface area contributed by atoms with Gasteiger partial charge in [0.1, 0.15) is 0 Å². The molecule has 2 heterocycles. The second kappa shape index (κ2) is 4.85. The monoisotopic (exact) mass is 332 g/mol. The van der Waals surface area contributed by atoms with Crippen molar-refractivity contribution in [1.82, 2.24) is 9.78 Å². The highest BCUT2D eigenvalue weighted by Gasteiger charge is 2.63. The number of ether oxygens (including phenoxy) is 2. The third kappa shape index (κ3) is 2.02. The summed E-state index contributed by atoms with van der Waals surface area (Å²) in [6.07, 6.45) is 6.66. The molecule has 1 saturated heterocycles. The predicted octanol–water partition coefficient (Wildman–Crippen LogP) is 4.02. The molecule has 1 aromatic rings. The highest BCUT2D eigenvalue weighted by atomic mass is 16.7. The molecule has 0 aromatic carbocycles. The van der Waals surface area contributed by atoms with Crippen LogP contribution >= 0.6 is 0 Å². The van der Waals surface area contributed by atoms with Crippen LogP contribution in [0.15, 0.2) is 6.20 Å². The quantitative estimate of drug-likeness (QED) is 0.720. The molecule has 24 heavy (non-hydrogen) atoms. The van der Waals surface area contributed by atoms with Crippen molar-refractivity contribution in [2.75, 3.05) is 13.2 Å². The Labute approximate surface area is 145 Å². The normalized spacial score (nSPS) is 34.2. The van der Waals surface area contributed by atoms with E-state index in [0.29, 0.717) is 5.92 Å². The summed E-state index contributed by atoms with van der Waals surface area (Å²) in [4.78, 5) is 0. The van der Waals surface area contributed by atoms with E-state index in [4.69, 9.17) is 14.6 Å². The van der Waals surface area contributed by atoms with Crippen molar-refractivity contribution in [3.05, 3.63) is 17.5 Å². The molecule has 0 unspecified atom stereocenters. The lowest BCUT2D eigenvalue weighted by Gasteiger charge is -2.59. The third-order valence-electron chi connectivity index (χ3n) is 7.07. The number of nitrogens with zero attached hydrogens (tertiary/aromatic N) is 2. The summed E-state index contributed by atoms with van der Waals surface area (Å²) < 4.78 is 14.6. The highest BCUT2D eigenvalue weighted by Crippen LogP contribution is 2.62. The number of hydrogen-bond donors (Lipinski definition) is 0. The van der Waals surface area contributed by atoms with E-state index < -0.39 is 0 Å². The van der Waals surface area contributed by atoms with Gasteiger partial charge in [0.15, 0.2) is 5.79 Å². The zero-order chi connectivity index (χ0) is 17.4. The van der Waals surface area contributed by atoms with Crippen LogP contribution in [0.2, 0.25) is 0 Å². The van der Waals surface area contributed by atoms with Crippen molar-refractivity contribution >= 4 is 0 Å². The zero-order valence-electron chi connectivity index (χ0n) is 16.1. The molecule has 4 heteroatoms. The van der Waals surface area contributed by atoms with Gasteiger partial charge in [0, 0.05) is 23.4 Å². The molecule has 3 aliphatic rings. The molecule has 2 atom stereocenters. The van der Waals surface area contributed by atoms with E-state index in [1.165, 1.54) is 17.7 Å². The molecular formula is C20H32N2O2. The summed E-state index contributed by atoms with van der Waals surface area (Å²) in [5.74, 6) is 0.147. The number of hydrogen-bond acceptors (Lipinski definition) is 3. The van der Waals surface area contributed by atoms with Crippen molar-refractivity contribution in [2.45, 2.75) is 84.0 Å². The lowest BCUT2D eigenvalue weighted by molar-refractivity contribution is -0.276. The average molecular weight is 332 g/mol. The maximum Gasteiger partial charge on any atom is 0.173 e. The molecule has 1 aliphatic heterocycles. The van der Waals surface area contributed by atoms with Crippen LogP contribution in [0, 0.1) is 11.3 Å². The molecule has 4 nitrogen and oxygen atoms in total. The first-order chi connectivity index (χ1) is 11.1. The molecule has 0 bridgehead atoms. The van der Waals surface area contributed by atoms with E-state index in [-0.39, 0.29) is 22.2 Å². The Bertz CT molecular complexity index is 649. The molecule has 134 valence electrons. The second-order valence-corrected chi connectivity index (χ2v) is 9.80. The van der Waals surface area contributed by atoms with E-state index in [0.717, 1.165) is 32.5 Å². The van der Waals surface area contributed by atoms with Crippen molar-refractivity contribution in [3.8, 4) is 0 Å². The van der Waals surface area contributed by atoms with Gasteiger partial charge < -0.3 is 9.47 Å². The van der Waals surface area contributed by atoms with Crippen molar-refractivity contribution < 1.29 is 9.47 Å². The molecule has 0 radical (unpaired) electrons. The predicted molar refractivity (Wildman–Crippen MR) is 94.0 cm³/mol. The summed E-state index contributed by atoms with van der Waals surface area (Å²) in [6.45, 7) is 15.3. The van der Waals surface area contributed by atoms with Gasteiger partial charge in [0.25, 0.3) is 0 Å². The van der Waals surface area contributed by atoms with Gasteiger partial charge >= 0.3 is 0 Å². The van der Waals surface area contributed by atoms with Crippen molar-refractivity contribution in [3.63, 3.8) is 0 Å². The zero-order valence-corrected chi connectivity index (χ0v) is 16.1. The van der Waals surface area contributed by atoms with Gasteiger partial charge in [0.05, 0.1) is 24.4 Å². The summed E-state index contributed by atoms with van der Waals surface area (Å²) in [5, 5.41) is 5.09. The van der Waals surface area contributed by atoms with E-state index in [1.54, 1.807) is 0 Å². The highest BCUT2D eigenvalue weighted by molar-refractivity contribution is 5.33. The van der Waals surface area contributed by atoms with Crippen LogP contribution in [0.3, 0.4) is 0 Å². The molecule has 0 N–H and O–H groups in total. The first-order valence-electron chi connectivity index (χ1n) is 9.48. The smallest absolute Gasteiger partial charge is 0.173 e. The van der Waals surface area contributed by atoms with Crippen LogP contribution < -0.4 is 0 Å². The fourth-order valence-corrected chi connectivity index (χ4v) is 5.63. The molecule has 1 aromatic heterocycles. The van der Waals surface area contributed by atoms with E-state index in [2.05, 4.69) is 52.4 Å². The Kier molecular flexibility index (Phi) is 3.35. The summed E-state index contributed by atoms with van der Waals surface area (Å²) in [6, 6.07) is 0. The Morgan fingerprint density at radius 1 is 1.12 bits per heavy atom. The number of aryl methyl sites for hydroxylation is 1. The fraction of sp³-hybridized carbons (Fsp3) is 0.850. The van der Waals surface area contributed by atoms with Gasteiger partial charge in [-0.05, 0) is 51.5 Å². The molecule has 2 aliphatic carbocycles. The Balaban J connectivity index is 1.77. The van der Waals surface area contributed by atoms with Crippen LogP contribution in [-0.4, -0.2) is 28.8 Å². The van der Waals surface area contributed by atoms with Gasteiger partial charge in [-0.3, -0.25) is 4.68 Å². The van der Waals surface area contributed by atoms with Crippen LogP contribution in [0.4, 0.5) is 0 Å². The molecular weight excluding hydrogens is 300 g/mol. The maximum absolute atomic E-state index is 6.19. The minimum atomic E-state index is -0.388. The van der Waals surface area contributed by atoms with Crippen molar-refractivity contribution in [2.24, 2.45) is 11.3 Å². The van der Waals surface area contributed by atoms with Crippen LogP contribution in [0.25, 0.3) is 0 Å². The van der Waals surface area contributed by atoms with Crippen LogP contribution in [-0.2, 0) is 26.8 Å². The first kappa shape index (κ1) is 16.6. The lowest BCUT2D eigenvalue weighted by atomic mass is 9.49. The molecule has 1 saturated carbocycles. The molecule has 2 fully saturated rings. The lowest BCUT2D eigenvalue weighted by Crippen LogP contribution is -2.61. The van der Waals surface area contributed by atoms with Crippen LogP contribution in [0.5, 0.6) is 0 Å². The van der Waals surface area contributed by atoms with E-state index >= 15 is 0 Å². The standard InChI is InChI=1S/C20H32N2O2/c1-17(2,3)22-13-14-7-8-15-18(4,5)20(23-11-12-24-20)10-9-19(15,6)16(14)21-22/h13,15H,7-12H2,1-6H3/t15-,19-/m0/s1. The van der Waals surface area contributed by atoms with E-state index in [1.807, 2.05) is 0 Å². The van der Waals surface area contributed by atoms with Gasteiger partial charge in [-0.1, -0.05) is 20.8 Å². The molecule has 1 spiro atoms. The molecule has 4 rings (SSSR count). The molecule has 0 amide bonds. The number of aromatic nitrogens is 2. The third-order valence-corrected chi connectivity index (χ3v) is 7.07. The Hall–Kier alpha value is -0.870. The summed E-state index contributed by atoms with van der Waals surface area (Å²) in [5.41, 5.74) is 2.93. The van der Waals surface area contributed by atoms with Gasteiger partial charge in [0.2, 0.25) is 0 Å². The summed E-state index contributed by atoms with van der Waals surface area (Å²) >= 11 is 0. The van der Waals surface area contributed by atoms with Gasteiger partial charge in [-0.15, -0.1) is 0 Å². The number of rotatable bonds is 0. The average Bonchev–Trinajstić information content (AvgIpc) is 3.12. The van der Waals surface area contributed by atoms with Gasteiger partial charge in [-0.2, -0.15) is 5.10 Å². The first-order valence-corrected chi connectivity index (χ1v) is 9.48. The van der Waals surface area contributed by atoms with Crippen molar-refractivity contribution in [1.29, 1.82) is 0 Å². The van der Waals surface area contributed by atoms with E-state index in [9.17, 15) is 0 Å². The second-order valence-electron chi connectivity index (χ2n) is 9.80. The minimum Gasteiger partial charge on any atom is -0.347 e. The Morgan fingerprint density at radius 2 is 1.79 bits per heavy atom. The fourth-order valence-electron chi connectivity index (χ4n) is 5.63.